The molecule has 1 aliphatic heterocycles. The number of amides is 1. The first-order valence-corrected chi connectivity index (χ1v) is 11.3. The lowest BCUT2D eigenvalue weighted by atomic mass is 10.1. The summed E-state index contributed by atoms with van der Waals surface area (Å²) in [6.07, 6.45) is 1.70. The number of nitrogens with two attached hydrogens (primary N) is 1. The van der Waals surface area contributed by atoms with E-state index < -0.39 is 0 Å². The van der Waals surface area contributed by atoms with Crippen molar-refractivity contribution in [3.63, 3.8) is 0 Å². The summed E-state index contributed by atoms with van der Waals surface area (Å²) in [6, 6.07) is 6.14. The number of nitrogens with one attached hydrogen (secondary N) is 1. The number of aryl methyl sites for hydroxylation is 1. The number of pyridine rings is 1. The molecular formula is C21H27N5O3S. The highest BCUT2D eigenvalue weighted by Crippen LogP contribution is 2.27. The standard InChI is InChI=1S/C21H27N5O3S/c1-28-12-17-24-19-15-11-14(4-5-16(15)23-21(22)20(19)25-17)3-2-8-29-13-18(27)26-6-9-30-10-7-26/h4-5,11H,2-3,6-10,12-13H2,1H3,(H2,22,23)(H,24,25). The number of benzene rings is 1. The average Bonchev–Trinajstić information content (AvgIpc) is 3.19. The molecule has 0 spiro atoms. The minimum atomic E-state index is 0.0949. The molecule has 1 saturated heterocycles. The maximum atomic E-state index is 12.1. The topological polar surface area (TPSA) is 106 Å². The van der Waals surface area contributed by atoms with Gasteiger partial charge in [0.15, 0.2) is 0 Å². The summed E-state index contributed by atoms with van der Waals surface area (Å²) in [5.41, 5.74) is 9.64. The number of nitrogens with zero attached hydrogens (tertiary/aromatic N) is 3. The number of nitrogen functional groups attached to an aromatic ring is 1. The smallest absolute Gasteiger partial charge is 0.248 e. The third-order valence-corrected chi connectivity index (χ3v) is 6.13. The molecule has 1 aromatic carbocycles. The van der Waals surface area contributed by atoms with Gasteiger partial charge in [0.25, 0.3) is 0 Å². The largest absolute Gasteiger partial charge is 0.382 e. The number of thioether (sulfide) groups is 1. The van der Waals surface area contributed by atoms with Gasteiger partial charge in [0.05, 0.1) is 5.52 Å². The lowest BCUT2D eigenvalue weighted by molar-refractivity contribution is -0.135. The first kappa shape index (κ1) is 20.9. The first-order chi connectivity index (χ1) is 14.7. The lowest BCUT2D eigenvalue weighted by Crippen LogP contribution is -2.40. The van der Waals surface area contributed by atoms with Gasteiger partial charge in [-0.25, -0.2) is 9.97 Å². The minimum Gasteiger partial charge on any atom is -0.382 e. The van der Waals surface area contributed by atoms with Crippen LogP contribution in [0.3, 0.4) is 0 Å². The first-order valence-electron chi connectivity index (χ1n) is 10.1. The number of imidazole rings is 1. The highest BCUT2D eigenvalue weighted by Gasteiger charge is 2.16. The van der Waals surface area contributed by atoms with Crippen molar-refractivity contribution in [3.8, 4) is 0 Å². The van der Waals surface area contributed by atoms with E-state index in [4.69, 9.17) is 15.2 Å². The van der Waals surface area contributed by atoms with Crippen LogP contribution < -0.4 is 5.73 Å². The van der Waals surface area contributed by atoms with Crippen molar-refractivity contribution in [1.82, 2.24) is 19.9 Å². The minimum absolute atomic E-state index is 0.0949. The number of ether oxygens (including phenoxy) is 2. The zero-order chi connectivity index (χ0) is 20.9. The molecule has 3 heterocycles. The molecule has 0 saturated carbocycles. The Kier molecular flexibility index (Phi) is 6.71. The quantitative estimate of drug-likeness (QED) is 0.530. The van der Waals surface area contributed by atoms with Crippen LogP contribution in [0.5, 0.6) is 0 Å². The number of anilines is 1. The number of rotatable bonds is 8. The lowest BCUT2D eigenvalue weighted by Gasteiger charge is -2.26. The van der Waals surface area contributed by atoms with E-state index in [1.54, 1.807) is 7.11 Å². The Balaban J connectivity index is 1.36. The van der Waals surface area contributed by atoms with Crippen LogP contribution in [-0.4, -0.2) is 70.7 Å². The number of aromatic nitrogens is 3. The van der Waals surface area contributed by atoms with Gasteiger partial charge in [0, 0.05) is 43.7 Å². The number of carbonyl (C=O) groups excluding carboxylic acids is 1. The maximum Gasteiger partial charge on any atom is 0.248 e. The van der Waals surface area contributed by atoms with E-state index in [2.05, 4.69) is 27.1 Å². The van der Waals surface area contributed by atoms with E-state index in [1.165, 1.54) is 5.56 Å². The van der Waals surface area contributed by atoms with Crippen molar-refractivity contribution in [2.24, 2.45) is 0 Å². The molecule has 2 aromatic heterocycles. The van der Waals surface area contributed by atoms with Crippen molar-refractivity contribution >= 4 is 45.4 Å². The number of aromatic amines is 1. The van der Waals surface area contributed by atoms with Gasteiger partial charge in [0.1, 0.15) is 35.9 Å². The number of hydrogen-bond acceptors (Lipinski definition) is 7. The Hall–Kier alpha value is -2.36. The van der Waals surface area contributed by atoms with Gasteiger partial charge in [-0.15, -0.1) is 0 Å². The van der Waals surface area contributed by atoms with Crippen LogP contribution in [0.4, 0.5) is 5.82 Å². The summed E-state index contributed by atoms with van der Waals surface area (Å²) in [7, 11) is 1.63. The van der Waals surface area contributed by atoms with Gasteiger partial charge in [-0.3, -0.25) is 4.79 Å². The van der Waals surface area contributed by atoms with Crippen molar-refractivity contribution < 1.29 is 14.3 Å². The van der Waals surface area contributed by atoms with Crippen molar-refractivity contribution in [2.45, 2.75) is 19.4 Å². The Morgan fingerprint density at radius 1 is 1.30 bits per heavy atom. The van der Waals surface area contributed by atoms with Crippen LogP contribution in [0.25, 0.3) is 21.9 Å². The van der Waals surface area contributed by atoms with Crippen LogP contribution in [0.1, 0.15) is 17.8 Å². The summed E-state index contributed by atoms with van der Waals surface area (Å²) in [4.78, 5) is 26.3. The highest BCUT2D eigenvalue weighted by atomic mass is 32.2. The van der Waals surface area contributed by atoms with Crippen molar-refractivity contribution in [2.75, 3.05) is 50.7 Å². The van der Waals surface area contributed by atoms with E-state index in [-0.39, 0.29) is 12.5 Å². The molecular weight excluding hydrogens is 402 g/mol. The van der Waals surface area contributed by atoms with Gasteiger partial charge in [-0.05, 0) is 30.5 Å². The fourth-order valence-corrected chi connectivity index (χ4v) is 4.56. The Morgan fingerprint density at radius 3 is 2.93 bits per heavy atom. The van der Waals surface area contributed by atoms with E-state index >= 15 is 0 Å². The van der Waals surface area contributed by atoms with Crippen LogP contribution >= 0.6 is 11.8 Å². The van der Waals surface area contributed by atoms with Gasteiger partial charge < -0.3 is 25.1 Å². The molecule has 0 radical (unpaired) electrons. The number of carbonyl (C=O) groups is 1. The fraction of sp³-hybridized carbons (Fsp3) is 0.476. The fourth-order valence-electron chi connectivity index (χ4n) is 3.66. The zero-order valence-corrected chi connectivity index (χ0v) is 18.0. The maximum absolute atomic E-state index is 12.1. The normalized spacial score (nSPS) is 14.6. The molecule has 1 fully saturated rings. The Bertz CT molecular complexity index is 1030. The van der Waals surface area contributed by atoms with Crippen molar-refractivity contribution in [1.29, 1.82) is 0 Å². The molecule has 160 valence electrons. The van der Waals surface area contributed by atoms with Gasteiger partial charge in [-0.1, -0.05) is 6.07 Å². The third kappa shape index (κ3) is 4.69. The molecule has 0 atom stereocenters. The van der Waals surface area contributed by atoms with Crippen molar-refractivity contribution in [3.05, 3.63) is 29.6 Å². The molecule has 1 aliphatic rings. The number of fused-ring (bicyclic) bond motifs is 3. The monoisotopic (exact) mass is 429 g/mol. The Morgan fingerprint density at radius 2 is 2.13 bits per heavy atom. The van der Waals surface area contributed by atoms with Gasteiger partial charge in [-0.2, -0.15) is 11.8 Å². The second-order valence-corrected chi connectivity index (χ2v) is 8.56. The van der Waals surface area contributed by atoms with E-state index in [0.717, 1.165) is 65.2 Å². The number of hydrogen-bond donors (Lipinski definition) is 2. The molecule has 3 N–H and O–H groups in total. The molecule has 9 heteroatoms. The summed E-state index contributed by atoms with van der Waals surface area (Å²) in [5.74, 6) is 3.29. The SMILES string of the molecule is COCc1nc2c([nH]1)c(N)nc1ccc(CCCOCC(=O)N3CCSCC3)cc12. The predicted molar refractivity (Wildman–Crippen MR) is 120 cm³/mol. The molecule has 0 aliphatic carbocycles. The molecule has 0 bridgehead atoms. The molecule has 4 rings (SSSR count). The van der Waals surface area contributed by atoms with E-state index in [1.807, 2.05) is 22.7 Å². The zero-order valence-electron chi connectivity index (χ0n) is 17.1. The summed E-state index contributed by atoms with van der Waals surface area (Å²) < 4.78 is 10.8. The summed E-state index contributed by atoms with van der Waals surface area (Å²) >= 11 is 1.89. The second-order valence-electron chi connectivity index (χ2n) is 7.34. The number of methoxy groups -OCH3 is 1. The highest BCUT2D eigenvalue weighted by molar-refractivity contribution is 7.99. The average molecular weight is 430 g/mol. The van der Waals surface area contributed by atoms with Crippen LogP contribution in [0.15, 0.2) is 18.2 Å². The summed E-state index contributed by atoms with van der Waals surface area (Å²) in [6.45, 7) is 2.78. The van der Waals surface area contributed by atoms with Gasteiger partial charge >= 0.3 is 0 Å². The molecule has 30 heavy (non-hydrogen) atoms. The predicted octanol–water partition coefficient (Wildman–Crippen LogP) is 2.36. The van der Waals surface area contributed by atoms with Crippen LogP contribution in [0, 0.1) is 0 Å². The molecule has 0 unspecified atom stereocenters. The van der Waals surface area contributed by atoms with Gasteiger partial charge in [0.2, 0.25) is 5.91 Å². The number of H-pyrrole nitrogens is 1. The molecule has 3 aromatic rings. The van der Waals surface area contributed by atoms with Crippen LogP contribution in [-0.2, 0) is 27.3 Å². The van der Waals surface area contributed by atoms with Crippen LogP contribution in [0.2, 0.25) is 0 Å². The third-order valence-electron chi connectivity index (χ3n) is 5.19. The molecule has 8 nitrogen and oxygen atoms in total. The molecule has 1 amide bonds. The second kappa shape index (κ2) is 9.63. The summed E-state index contributed by atoms with van der Waals surface area (Å²) in [5, 5.41) is 0.967. The van der Waals surface area contributed by atoms with E-state index in [9.17, 15) is 4.79 Å². The van der Waals surface area contributed by atoms with E-state index in [0.29, 0.717) is 19.0 Å². The Labute approximate surface area is 179 Å².